The van der Waals surface area contributed by atoms with E-state index in [2.05, 4.69) is 20.6 Å². The molecule has 6 aromatic rings. The Morgan fingerprint density at radius 3 is 1.58 bits per heavy atom. The minimum Gasteiger partial charge on any atom is -0.508 e. The lowest BCUT2D eigenvalue weighted by Crippen LogP contribution is -2.50. The Morgan fingerprint density at radius 1 is 0.677 bits per heavy atom. The molecule has 0 saturated carbocycles. The molecular formula is C46H48N6O10. The van der Waals surface area contributed by atoms with Crippen LogP contribution in [-0.2, 0) is 27.2 Å². The molecular weight excluding hydrogens is 797 g/mol. The number of aryl methyl sites for hydroxylation is 2. The fourth-order valence-electron chi connectivity index (χ4n) is 6.19. The fraction of sp³-hybridized carbons (Fsp3) is 0.239. The van der Waals surface area contributed by atoms with Gasteiger partial charge in [0.15, 0.2) is 17.9 Å². The molecule has 0 fully saturated rings. The second kappa shape index (κ2) is 20.1. The molecule has 6 rings (SSSR count). The number of aliphatic hydroxyl groups is 1. The average Bonchev–Trinajstić information content (AvgIpc) is 3.84. The van der Waals surface area contributed by atoms with Crippen molar-refractivity contribution >= 4 is 29.4 Å². The molecule has 1 unspecified atom stereocenters. The lowest BCUT2D eigenvalue weighted by Gasteiger charge is -2.23. The van der Waals surface area contributed by atoms with E-state index in [1.165, 1.54) is 12.1 Å². The highest BCUT2D eigenvalue weighted by Crippen LogP contribution is 2.26. The van der Waals surface area contributed by atoms with Gasteiger partial charge in [-0.2, -0.15) is 0 Å². The van der Waals surface area contributed by atoms with Crippen molar-refractivity contribution in [2.45, 2.75) is 71.2 Å². The molecule has 62 heavy (non-hydrogen) atoms. The summed E-state index contributed by atoms with van der Waals surface area (Å²) in [6.07, 6.45) is -1.41. The number of aliphatic hydroxyl groups excluding tert-OH is 1. The van der Waals surface area contributed by atoms with Crippen LogP contribution in [0.15, 0.2) is 118 Å². The number of carbonyl (C=O) groups is 5. The van der Waals surface area contributed by atoms with Crippen LogP contribution in [0.5, 0.6) is 11.5 Å². The molecule has 322 valence electrons. The molecule has 0 aliphatic carbocycles. The highest BCUT2D eigenvalue weighted by Gasteiger charge is 2.31. The second-order valence-corrected chi connectivity index (χ2v) is 15.2. The number of nitrogens with zero attached hydrogens (tertiary/aromatic N) is 2. The second-order valence-electron chi connectivity index (χ2n) is 15.2. The average molecular weight is 845 g/mol. The van der Waals surface area contributed by atoms with Gasteiger partial charge in [0.1, 0.15) is 34.5 Å². The summed E-state index contributed by atoms with van der Waals surface area (Å²) >= 11 is 0. The number of Topliss-reactive ketones (excluding diaryl/α,β-unsaturated/α-hetero) is 1. The number of oxazole rings is 2. The van der Waals surface area contributed by atoms with Gasteiger partial charge in [0, 0.05) is 31.4 Å². The van der Waals surface area contributed by atoms with Crippen LogP contribution in [0.1, 0.15) is 64.8 Å². The van der Waals surface area contributed by atoms with E-state index in [1.54, 1.807) is 62.4 Å². The molecule has 0 aliphatic heterocycles. The maximum absolute atomic E-state index is 13.1. The van der Waals surface area contributed by atoms with E-state index >= 15 is 0 Å². The van der Waals surface area contributed by atoms with Gasteiger partial charge in [-0.15, -0.1) is 0 Å². The van der Waals surface area contributed by atoms with Crippen LogP contribution in [0.2, 0.25) is 0 Å². The topological polar surface area (TPSA) is 263 Å². The lowest BCUT2D eigenvalue weighted by atomic mass is 10.00. The van der Waals surface area contributed by atoms with Crippen molar-refractivity contribution in [2.24, 2.45) is 11.5 Å². The zero-order valence-electron chi connectivity index (χ0n) is 34.7. The van der Waals surface area contributed by atoms with Gasteiger partial charge < -0.3 is 45.9 Å². The van der Waals surface area contributed by atoms with E-state index < -0.39 is 47.6 Å². The first kappa shape index (κ1) is 45.5. The van der Waals surface area contributed by atoms with Crippen molar-refractivity contribution in [2.75, 3.05) is 0 Å². The molecule has 0 radical (unpaired) electrons. The van der Waals surface area contributed by atoms with Gasteiger partial charge in [-0.25, -0.2) is 9.97 Å². The smallest absolute Gasteiger partial charge is 0.290 e. The maximum atomic E-state index is 13.1. The number of amides is 4. The maximum Gasteiger partial charge on any atom is 0.290 e. The first-order chi connectivity index (χ1) is 29.4. The molecule has 4 amide bonds. The molecule has 3 atom stereocenters. The molecule has 0 aliphatic rings. The third-order valence-electron chi connectivity index (χ3n) is 9.01. The summed E-state index contributed by atoms with van der Waals surface area (Å²) in [7, 11) is 0. The molecule has 2 aromatic heterocycles. The Labute approximate surface area is 357 Å². The number of phenols is 1. The predicted molar refractivity (Wildman–Crippen MR) is 228 cm³/mol. The van der Waals surface area contributed by atoms with Gasteiger partial charge in [-0.05, 0) is 62.6 Å². The number of ketones is 1. The van der Waals surface area contributed by atoms with Gasteiger partial charge >= 0.3 is 0 Å². The highest BCUT2D eigenvalue weighted by atomic mass is 16.5. The first-order valence-electron chi connectivity index (χ1n) is 19.4. The Hall–Kier alpha value is -7.59. The molecule has 0 saturated heterocycles. The van der Waals surface area contributed by atoms with Gasteiger partial charge in [0.2, 0.25) is 23.2 Å². The predicted octanol–water partition coefficient (Wildman–Crippen LogP) is 4.77. The number of primary amides is 2. The van der Waals surface area contributed by atoms with E-state index in [0.29, 0.717) is 39.7 Å². The van der Waals surface area contributed by atoms with Crippen LogP contribution in [-0.4, -0.2) is 73.4 Å². The molecule has 16 heteroatoms. The van der Waals surface area contributed by atoms with Crippen molar-refractivity contribution in [3.8, 4) is 34.0 Å². The quantitative estimate of drug-likeness (QED) is 0.0764. The Kier molecular flexibility index (Phi) is 14.8. The minimum absolute atomic E-state index is 0.00528. The van der Waals surface area contributed by atoms with E-state index in [0.717, 1.165) is 5.56 Å². The Bertz CT molecular complexity index is 2490. The van der Waals surface area contributed by atoms with Crippen molar-refractivity contribution in [3.63, 3.8) is 0 Å². The third-order valence-corrected chi connectivity index (χ3v) is 9.01. The summed E-state index contributed by atoms with van der Waals surface area (Å²) in [6, 6.07) is 29.2. The Morgan fingerprint density at radius 2 is 1.13 bits per heavy atom. The van der Waals surface area contributed by atoms with Crippen LogP contribution in [0.3, 0.4) is 0 Å². The molecule has 2 heterocycles. The van der Waals surface area contributed by atoms with Gasteiger partial charge in [0.25, 0.3) is 17.7 Å². The summed E-state index contributed by atoms with van der Waals surface area (Å²) in [4.78, 5) is 69.9. The third kappa shape index (κ3) is 12.5. The van der Waals surface area contributed by atoms with Crippen LogP contribution in [0, 0.1) is 13.8 Å². The van der Waals surface area contributed by atoms with Crippen molar-refractivity contribution in [1.82, 2.24) is 20.6 Å². The lowest BCUT2D eigenvalue weighted by molar-refractivity contribution is -0.137. The first-order valence-corrected chi connectivity index (χ1v) is 19.4. The zero-order valence-corrected chi connectivity index (χ0v) is 34.7. The summed E-state index contributed by atoms with van der Waals surface area (Å²) < 4.78 is 16.8. The molecule has 16 nitrogen and oxygen atoms in total. The summed E-state index contributed by atoms with van der Waals surface area (Å²) in [5, 5.41) is 25.0. The van der Waals surface area contributed by atoms with Gasteiger partial charge in [-0.3, -0.25) is 24.0 Å². The van der Waals surface area contributed by atoms with E-state index in [4.69, 9.17) is 25.0 Å². The fourth-order valence-corrected chi connectivity index (χ4v) is 6.19. The molecule has 0 spiro atoms. The van der Waals surface area contributed by atoms with Crippen molar-refractivity contribution in [3.05, 3.63) is 144 Å². The number of aromatic hydroxyl groups is 1. The van der Waals surface area contributed by atoms with Crippen LogP contribution < -0.4 is 26.8 Å². The monoisotopic (exact) mass is 844 g/mol. The Balaban J connectivity index is 0.000000236. The van der Waals surface area contributed by atoms with E-state index in [9.17, 15) is 34.2 Å². The van der Waals surface area contributed by atoms with E-state index in [1.807, 2.05) is 69.3 Å². The highest BCUT2D eigenvalue weighted by molar-refractivity contribution is 6.38. The van der Waals surface area contributed by atoms with Crippen LogP contribution in [0.4, 0.5) is 0 Å². The summed E-state index contributed by atoms with van der Waals surface area (Å²) in [5.41, 5.74) is 13.6. The minimum atomic E-state index is -1.59. The molecule has 4 aromatic carbocycles. The standard InChI is InChI=1S/C25H29N3O5.C21H19N3O5/c1-15-27-20(17-8-6-5-7-9-17)22(32-15)24(31)28-19(21(29)23(26)30)14-16-10-12-18(13-11-16)33-25(2,3)4;1-12-23-17(14-5-3-2-4-6-14)19(29-12)21(28)24-16(18(26)20(22)27)11-13-7-9-15(25)10-8-13/h5-13,19,21,29H,14H2,1-4H3,(H2,26,30)(H,28,31);2-10,16,25H,11H2,1H3,(H2,22,27)(H,24,28)/t19-,21?;16-/m00/s1. The SMILES string of the molecule is Cc1nc(-c2ccccc2)c(C(=O)N[C@@H](Cc2ccc(O)cc2)C(=O)C(N)=O)o1.Cc1nc(-c2ccccc2)c(C(=O)N[C@@H](Cc2ccc(OC(C)(C)C)cc2)C(O)C(N)=O)o1. The number of nitrogens with one attached hydrogen (secondary N) is 2. The van der Waals surface area contributed by atoms with E-state index in [-0.39, 0.29) is 41.6 Å². The number of aromatic nitrogens is 2. The summed E-state index contributed by atoms with van der Waals surface area (Å²) in [6.45, 7) is 9.09. The van der Waals surface area contributed by atoms with Crippen molar-refractivity contribution in [1.29, 1.82) is 0 Å². The van der Waals surface area contributed by atoms with Crippen LogP contribution in [0.25, 0.3) is 22.5 Å². The number of hydrogen-bond donors (Lipinski definition) is 6. The molecule has 0 bridgehead atoms. The number of rotatable bonds is 15. The number of phenolic OH excluding ortho intramolecular Hbond substituents is 1. The van der Waals surface area contributed by atoms with Crippen LogP contribution >= 0.6 is 0 Å². The normalized spacial score (nSPS) is 12.5. The largest absolute Gasteiger partial charge is 0.508 e. The number of carbonyl (C=O) groups excluding carboxylic acids is 5. The number of ether oxygens (including phenoxy) is 1. The van der Waals surface area contributed by atoms with Crippen molar-refractivity contribution < 1.29 is 47.8 Å². The van der Waals surface area contributed by atoms with Gasteiger partial charge in [-0.1, -0.05) is 84.9 Å². The molecule has 8 N–H and O–H groups in total. The zero-order chi connectivity index (χ0) is 45.1. The summed E-state index contributed by atoms with van der Waals surface area (Å²) in [5.74, 6) is -3.07. The number of benzene rings is 4. The number of nitrogens with two attached hydrogens (primary N) is 2. The number of hydrogen-bond acceptors (Lipinski definition) is 12. The van der Waals surface area contributed by atoms with Gasteiger partial charge in [0.05, 0.1) is 6.04 Å².